The summed E-state index contributed by atoms with van der Waals surface area (Å²) in [5, 5.41) is 8.80. The molecule has 86 valence electrons. The number of carbonyl (C=O) groups is 1. The molecule has 1 heterocycles. The van der Waals surface area contributed by atoms with Crippen molar-refractivity contribution < 1.29 is 22.9 Å². The van der Waals surface area contributed by atoms with E-state index in [4.69, 9.17) is 11.6 Å². The fraction of sp³-hybridized carbons (Fsp3) is 0.143. The maximum absolute atomic E-state index is 12.9. The molecule has 0 saturated heterocycles. The van der Waals surface area contributed by atoms with Gasteiger partial charge < -0.3 is 0 Å². The second-order valence-corrected chi connectivity index (χ2v) is 2.90. The molecule has 0 aliphatic heterocycles. The molecule has 5 nitrogen and oxygen atoms in total. The van der Waals surface area contributed by atoms with E-state index >= 15 is 0 Å². The van der Waals surface area contributed by atoms with Crippen LogP contribution in [0.2, 0.25) is 0 Å². The van der Waals surface area contributed by atoms with E-state index in [1.165, 1.54) is 0 Å². The topological polar surface area (TPSA) is 73.1 Å². The summed E-state index contributed by atoms with van der Waals surface area (Å²) in [6.45, 7) is 0. The van der Waals surface area contributed by atoms with Crippen molar-refractivity contribution in [2.24, 2.45) is 0 Å². The minimum absolute atomic E-state index is 0.306. The Hall–Kier alpha value is -1.70. The zero-order chi connectivity index (χ0) is 12.5. The average Bonchev–Trinajstić information content (AvgIpc) is 2.15. The molecule has 0 N–H and O–H groups in total. The minimum Gasteiger partial charge on any atom is -0.275 e. The van der Waals surface area contributed by atoms with Gasteiger partial charge in [0.1, 0.15) is 17.3 Å². The summed E-state index contributed by atoms with van der Waals surface area (Å²) in [7, 11) is 0. The summed E-state index contributed by atoms with van der Waals surface area (Å²) in [4.78, 5) is 22.7. The highest BCUT2D eigenvalue weighted by molar-refractivity contribution is 6.68. The molecule has 0 aliphatic carbocycles. The van der Waals surface area contributed by atoms with Crippen LogP contribution in [0, 0.1) is 16.1 Å². The van der Waals surface area contributed by atoms with Gasteiger partial charge in [0.25, 0.3) is 17.4 Å². The Morgan fingerprint density at radius 2 is 2.12 bits per heavy atom. The van der Waals surface area contributed by atoms with Crippen molar-refractivity contribution in [2.45, 2.75) is 6.43 Å². The zero-order valence-corrected chi connectivity index (χ0v) is 8.04. The largest absolute Gasteiger partial charge is 0.297 e. The summed E-state index contributed by atoms with van der Waals surface area (Å²) < 4.78 is 37.9. The van der Waals surface area contributed by atoms with Crippen LogP contribution in [0.5, 0.6) is 0 Å². The summed E-state index contributed by atoms with van der Waals surface area (Å²) in [5.41, 5.74) is -3.79. The monoisotopic (exact) mass is 254 g/mol. The normalized spacial score (nSPS) is 10.6. The highest BCUT2D eigenvalue weighted by Crippen LogP contribution is 2.33. The molecule has 0 fully saturated rings. The standard InChI is InChI=1S/C7H2ClF3N2O3/c8-5(14)4-3(6(9)10)2(13(15)16)1-12-7(4)11/h1,6H. The Labute approximate surface area is 91.0 Å². The van der Waals surface area contributed by atoms with Crippen LogP contribution in [0.1, 0.15) is 22.3 Å². The lowest BCUT2D eigenvalue weighted by Crippen LogP contribution is -2.08. The van der Waals surface area contributed by atoms with Crippen molar-refractivity contribution in [1.29, 1.82) is 0 Å². The molecule has 1 aromatic heterocycles. The lowest BCUT2D eigenvalue weighted by atomic mass is 10.1. The Morgan fingerprint density at radius 1 is 1.56 bits per heavy atom. The second kappa shape index (κ2) is 4.44. The molecular weight excluding hydrogens is 253 g/mol. The molecule has 0 aliphatic rings. The van der Waals surface area contributed by atoms with Gasteiger partial charge in [-0.1, -0.05) is 0 Å². The molecule has 0 atom stereocenters. The molecule has 0 bridgehead atoms. The van der Waals surface area contributed by atoms with E-state index in [2.05, 4.69) is 4.98 Å². The Morgan fingerprint density at radius 3 is 2.50 bits per heavy atom. The number of pyridine rings is 1. The summed E-state index contributed by atoms with van der Waals surface area (Å²) in [6.07, 6.45) is -3.10. The van der Waals surface area contributed by atoms with Crippen molar-refractivity contribution >= 4 is 22.5 Å². The maximum Gasteiger partial charge on any atom is 0.297 e. The van der Waals surface area contributed by atoms with Crippen LogP contribution in [0.15, 0.2) is 6.20 Å². The SMILES string of the molecule is O=C(Cl)c1c(F)ncc([N+](=O)[O-])c1C(F)F. The van der Waals surface area contributed by atoms with Gasteiger partial charge in [0.2, 0.25) is 5.95 Å². The molecule has 0 amide bonds. The third kappa shape index (κ3) is 2.11. The van der Waals surface area contributed by atoms with E-state index in [0.717, 1.165) is 0 Å². The lowest BCUT2D eigenvalue weighted by Gasteiger charge is -2.05. The maximum atomic E-state index is 12.9. The van der Waals surface area contributed by atoms with Gasteiger partial charge in [-0.25, -0.2) is 13.8 Å². The van der Waals surface area contributed by atoms with Gasteiger partial charge in [-0.15, -0.1) is 0 Å². The van der Waals surface area contributed by atoms with Crippen LogP contribution in [0.3, 0.4) is 0 Å². The van der Waals surface area contributed by atoms with Gasteiger partial charge in [-0.3, -0.25) is 14.9 Å². The summed E-state index contributed by atoms with van der Waals surface area (Å²) in [5.74, 6) is -1.57. The molecular formula is C7H2ClF3N2O3. The fourth-order valence-electron chi connectivity index (χ4n) is 1.04. The third-order valence-electron chi connectivity index (χ3n) is 1.66. The summed E-state index contributed by atoms with van der Waals surface area (Å²) >= 11 is 4.86. The third-order valence-corrected chi connectivity index (χ3v) is 1.85. The van der Waals surface area contributed by atoms with Gasteiger partial charge in [0.15, 0.2) is 0 Å². The number of alkyl halides is 2. The number of hydrogen-bond donors (Lipinski definition) is 0. The van der Waals surface area contributed by atoms with Gasteiger partial charge in [0, 0.05) is 0 Å². The van der Waals surface area contributed by atoms with Gasteiger partial charge >= 0.3 is 0 Å². The predicted octanol–water partition coefficient (Wildman–Crippen LogP) is 2.45. The van der Waals surface area contributed by atoms with Crippen LogP contribution in [0.4, 0.5) is 18.9 Å². The van der Waals surface area contributed by atoms with Crippen LogP contribution < -0.4 is 0 Å². The van der Waals surface area contributed by atoms with Crippen LogP contribution in [-0.4, -0.2) is 15.1 Å². The van der Waals surface area contributed by atoms with Crippen molar-refractivity contribution in [3.63, 3.8) is 0 Å². The van der Waals surface area contributed by atoms with E-state index in [1.54, 1.807) is 0 Å². The lowest BCUT2D eigenvalue weighted by molar-refractivity contribution is -0.386. The first-order valence-corrected chi connectivity index (χ1v) is 4.04. The number of nitrogens with zero attached hydrogens (tertiary/aromatic N) is 2. The molecule has 0 saturated carbocycles. The van der Waals surface area contributed by atoms with Crippen molar-refractivity contribution in [3.05, 3.63) is 33.4 Å². The molecule has 1 rings (SSSR count). The number of halogens is 4. The van der Waals surface area contributed by atoms with Gasteiger partial charge in [0.05, 0.1) is 4.92 Å². The Bertz CT molecular complexity index is 466. The van der Waals surface area contributed by atoms with Gasteiger partial charge in [-0.2, -0.15) is 4.39 Å². The number of hydrogen-bond acceptors (Lipinski definition) is 4. The van der Waals surface area contributed by atoms with Crippen molar-refractivity contribution in [1.82, 2.24) is 4.98 Å². The Balaban J connectivity index is 3.63. The molecule has 9 heteroatoms. The first-order chi connectivity index (χ1) is 7.36. The number of nitro groups is 1. The predicted molar refractivity (Wildman–Crippen MR) is 46.0 cm³/mol. The van der Waals surface area contributed by atoms with Gasteiger partial charge in [-0.05, 0) is 11.6 Å². The molecule has 1 aromatic rings. The molecule has 0 unspecified atom stereocenters. The van der Waals surface area contributed by atoms with E-state index in [-0.39, 0.29) is 0 Å². The number of rotatable bonds is 3. The molecule has 16 heavy (non-hydrogen) atoms. The van der Waals surface area contributed by atoms with Crippen molar-refractivity contribution in [2.75, 3.05) is 0 Å². The highest BCUT2D eigenvalue weighted by atomic mass is 35.5. The van der Waals surface area contributed by atoms with E-state index in [0.29, 0.717) is 6.20 Å². The van der Waals surface area contributed by atoms with Crippen LogP contribution in [-0.2, 0) is 0 Å². The minimum atomic E-state index is -3.41. The first kappa shape index (κ1) is 12.4. The highest BCUT2D eigenvalue weighted by Gasteiger charge is 2.31. The van der Waals surface area contributed by atoms with Crippen molar-refractivity contribution in [3.8, 4) is 0 Å². The molecule has 0 radical (unpaired) electrons. The van der Waals surface area contributed by atoms with Crippen LogP contribution >= 0.6 is 11.6 Å². The molecule has 0 spiro atoms. The quantitative estimate of drug-likeness (QED) is 0.359. The number of aromatic nitrogens is 1. The smallest absolute Gasteiger partial charge is 0.275 e. The van der Waals surface area contributed by atoms with E-state index in [9.17, 15) is 28.1 Å². The Kier molecular flexibility index (Phi) is 3.43. The second-order valence-electron chi connectivity index (χ2n) is 2.55. The number of carbonyl (C=O) groups excluding carboxylic acids is 1. The zero-order valence-electron chi connectivity index (χ0n) is 7.29. The average molecular weight is 255 g/mol. The van der Waals surface area contributed by atoms with Crippen LogP contribution in [0.25, 0.3) is 0 Å². The van der Waals surface area contributed by atoms with E-state index in [1.807, 2.05) is 0 Å². The summed E-state index contributed by atoms with van der Waals surface area (Å²) in [6, 6.07) is 0. The molecule has 0 aromatic carbocycles. The fourth-order valence-corrected chi connectivity index (χ4v) is 1.22. The first-order valence-electron chi connectivity index (χ1n) is 3.67. The van der Waals surface area contributed by atoms with E-state index < -0.39 is 39.4 Å².